The average Bonchev–Trinajstić information content (AvgIpc) is 3.59. The van der Waals surface area contributed by atoms with Crippen molar-refractivity contribution in [2.45, 2.75) is 81.5 Å². The highest BCUT2D eigenvalue weighted by molar-refractivity contribution is 7.89. The Hall–Kier alpha value is -2.92. The molecule has 2 aliphatic heterocycles. The Kier molecular flexibility index (Phi) is 9.47. The highest BCUT2D eigenvalue weighted by atomic mass is 32.2. The number of fused-ring (bicyclic) bond motifs is 2. The van der Waals surface area contributed by atoms with Crippen molar-refractivity contribution in [3.63, 3.8) is 0 Å². The van der Waals surface area contributed by atoms with Gasteiger partial charge in [0.25, 0.3) is 0 Å². The largest absolute Gasteiger partial charge is 0.356 e. The van der Waals surface area contributed by atoms with E-state index in [1.165, 1.54) is 10.4 Å². The third-order valence-electron chi connectivity index (χ3n) is 8.85. The van der Waals surface area contributed by atoms with Crippen LogP contribution in [0.15, 0.2) is 47.4 Å². The average molecular weight is 628 g/mol. The van der Waals surface area contributed by atoms with Gasteiger partial charge in [-0.25, -0.2) is 17.7 Å². The van der Waals surface area contributed by atoms with E-state index in [4.69, 9.17) is 4.74 Å². The lowest BCUT2D eigenvalue weighted by atomic mass is 9.96. The van der Waals surface area contributed by atoms with Gasteiger partial charge in [-0.3, -0.25) is 4.79 Å². The van der Waals surface area contributed by atoms with Crippen LogP contribution in [-0.4, -0.2) is 96.9 Å². The number of hydrogen-bond donors (Lipinski definition) is 2. The molecule has 1 unspecified atom stereocenters. The first-order valence-corrected chi connectivity index (χ1v) is 16.6. The Bertz CT molecular complexity index is 1500. The molecule has 10 nitrogen and oxygen atoms in total. The standard InChI is InChI=1S/C32H42FN5O5S/c1-32(2,3)43-31(40)38-26-10-7-24(18-26)29(38)30(39)35-25(20-34)17-23-6-5-22(19-28(23)33)21-8-11-27(12-9-21)44(41,42)37-15-13-36(4)14-16-37/h5-6,8-9,11-12,19,24-26,29,31,40H,7,10,13-18H2,1-4H3,(H,35,39)/t24-,25-,26+,29-,31?/m0/s1. The summed E-state index contributed by atoms with van der Waals surface area (Å²) < 4.78 is 48.6. The van der Waals surface area contributed by atoms with Crippen molar-refractivity contribution < 1.29 is 27.4 Å². The minimum Gasteiger partial charge on any atom is -0.356 e. The van der Waals surface area contributed by atoms with Crippen LogP contribution in [0.5, 0.6) is 0 Å². The maximum atomic E-state index is 15.3. The third kappa shape index (κ3) is 6.98. The number of nitriles is 1. The number of likely N-dealkylation sites (N-methyl/N-ethyl adjacent to an activating group) is 1. The molecule has 2 bridgehead atoms. The van der Waals surface area contributed by atoms with Crippen molar-refractivity contribution in [3.8, 4) is 17.2 Å². The number of nitrogens with one attached hydrogen (secondary N) is 1. The van der Waals surface area contributed by atoms with Crippen LogP contribution in [0.2, 0.25) is 0 Å². The molecule has 2 aromatic rings. The normalized spacial score (nSPS) is 24.6. The number of nitrogens with zero attached hydrogens (tertiary/aromatic N) is 4. The number of hydrogen-bond acceptors (Lipinski definition) is 8. The summed E-state index contributed by atoms with van der Waals surface area (Å²) in [6.07, 6.45) is 1.23. The van der Waals surface area contributed by atoms with Gasteiger partial charge in [0.05, 0.1) is 22.6 Å². The SMILES string of the molecule is CN1CCN(S(=O)(=O)c2ccc(-c3ccc(C[C@@H](C#N)NC(=O)[C@@H]4[C@H]5CC[C@H](C5)N4C(O)OC(C)(C)C)c(F)c3)cc2)CC1. The van der Waals surface area contributed by atoms with Crippen LogP contribution in [0.25, 0.3) is 11.1 Å². The minimum atomic E-state index is -3.61. The molecular weight excluding hydrogens is 585 g/mol. The number of benzene rings is 2. The Morgan fingerprint density at radius 2 is 1.77 bits per heavy atom. The summed E-state index contributed by atoms with van der Waals surface area (Å²) in [5.41, 5.74) is 0.893. The van der Waals surface area contributed by atoms with Crippen LogP contribution < -0.4 is 5.32 Å². The number of carbonyl (C=O) groups is 1. The van der Waals surface area contributed by atoms with Crippen LogP contribution in [0, 0.1) is 23.1 Å². The number of aliphatic hydroxyl groups excluding tert-OH is 1. The van der Waals surface area contributed by atoms with Crippen LogP contribution in [0.1, 0.15) is 45.6 Å². The quantitative estimate of drug-likeness (QED) is 0.407. The number of likely N-dealkylation sites (tertiary alicyclic amines) is 1. The van der Waals surface area contributed by atoms with Gasteiger partial charge >= 0.3 is 0 Å². The first-order valence-electron chi connectivity index (χ1n) is 15.2. The molecule has 1 saturated carbocycles. The number of ether oxygens (including phenoxy) is 1. The first kappa shape index (κ1) is 32.5. The molecule has 3 fully saturated rings. The smallest absolute Gasteiger partial charge is 0.243 e. The maximum Gasteiger partial charge on any atom is 0.243 e. The van der Waals surface area contributed by atoms with E-state index in [1.807, 2.05) is 27.8 Å². The Labute approximate surface area is 259 Å². The molecule has 0 spiro atoms. The summed E-state index contributed by atoms with van der Waals surface area (Å²) >= 11 is 0. The van der Waals surface area contributed by atoms with Crippen molar-refractivity contribution >= 4 is 15.9 Å². The van der Waals surface area contributed by atoms with Gasteiger partial charge in [-0.05, 0) is 87.9 Å². The fourth-order valence-corrected chi connectivity index (χ4v) is 7.98. The number of amides is 1. The molecule has 2 aromatic carbocycles. The molecule has 2 N–H and O–H groups in total. The highest BCUT2D eigenvalue weighted by Gasteiger charge is 2.52. The predicted molar refractivity (Wildman–Crippen MR) is 163 cm³/mol. The zero-order chi connectivity index (χ0) is 31.8. The van der Waals surface area contributed by atoms with Crippen LogP contribution in [0.3, 0.4) is 0 Å². The van der Waals surface area contributed by atoms with E-state index in [-0.39, 0.29) is 34.7 Å². The lowest BCUT2D eigenvalue weighted by molar-refractivity contribution is -0.254. The van der Waals surface area contributed by atoms with Crippen molar-refractivity contribution in [2.24, 2.45) is 5.92 Å². The van der Waals surface area contributed by atoms with E-state index >= 15 is 4.39 Å². The molecule has 1 aliphatic carbocycles. The van der Waals surface area contributed by atoms with E-state index in [9.17, 15) is 23.6 Å². The Morgan fingerprint density at radius 1 is 1.11 bits per heavy atom. The monoisotopic (exact) mass is 627 g/mol. The van der Waals surface area contributed by atoms with Crippen LogP contribution >= 0.6 is 0 Å². The van der Waals surface area contributed by atoms with Gasteiger partial charge in [0.15, 0.2) is 0 Å². The molecule has 0 aromatic heterocycles. The second-order valence-electron chi connectivity index (χ2n) is 13.1. The number of piperazine rings is 1. The molecule has 5 rings (SSSR count). The molecule has 3 aliphatic rings. The molecule has 5 atom stereocenters. The number of aliphatic hydroxyl groups is 1. The summed E-state index contributed by atoms with van der Waals surface area (Å²) in [4.78, 5) is 17.4. The van der Waals surface area contributed by atoms with Crippen molar-refractivity contribution in [1.82, 2.24) is 19.4 Å². The van der Waals surface area contributed by atoms with E-state index in [0.717, 1.165) is 19.3 Å². The maximum absolute atomic E-state index is 15.3. The molecular formula is C32H42FN5O5S. The molecule has 238 valence electrons. The van der Waals surface area contributed by atoms with Gasteiger partial charge in [0, 0.05) is 38.6 Å². The summed E-state index contributed by atoms with van der Waals surface area (Å²) in [5, 5.41) is 23.4. The lowest BCUT2D eigenvalue weighted by Gasteiger charge is -2.39. The molecule has 2 heterocycles. The predicted octanol–water partition coefficient (Wildman–Crippen LogP) is 2.92. The number of halogens is 1. The molecule has 0 radical (unpaired) electrons. The van der Waals surface area contributed by atoms with Gasteiger partial charge < -0.3 is 20.1 Å². The summed E-state index contributed by atoms with van der Waals surface area (Å²) in [6, 6.07) is 11.6. The van der Waals surface area contributed by atoms with Gasteiger partial charge in [-0.15, -0.1) is 0 Å². The van der Waals surface area contributed by atoms with Crippen molar-refractivity contribution in [1.29, 1.82) is 5.26 Å². The topological polar surface area (TPSA) is 126 Å². The van der Waals surface area contributed by atoms with E-state index in [1.54, 1.807) is 41.3 Å². The second-order valence-corrected chi connectivity index (χ2v) is 15.0. The lowest BCUT2D eigenvalue weighted by Crippen LogP contribution is -2.57. The Balaban J connectivity index is 1.24. The van der Waals surface area contributed by atoms with Crippen molar-refractivity contribution in [3.05, 3.63) is 53.8 Å². The van der Waals surface area contributed by atoms with E-state index in [0.29, 0.717) is 37.3 Å². The number of piperidine rings is 1. The fraction of sp³-hybridized carbons (Fsp3) is 0.562. The van der Waals surface area contributed by atoms with Gasteiger partial charge in [-0.1, -0.05) is 24.3 Å². The number of rotatable bonds is 9. The van der Waals surface area contributed by atoms with Crippen LogP contribution in [0.4, 0.5) is 4.39 Å². The molecule has 12 heteroatoms. The van der Waals surface area contributed by atoms with Gasteiger partial charge in [0.1, 0.15) is 11.9 Å². The fourth-order valence-electron chi connectivity index (χ4n) is 6.56. The van der Waals surface area contributed by atoms with Gasteiger partial charge in [0.2, 0.25) is 22.3 Å². The van der Waals surface area contributed by atoms with Gasteiger partial charge in [-0.2, -0.15) is 9.57 Å². The highest BCUT2D eigenvalue weighted by Crippen LogP contribution is 2.44. The molecule has 2 saturated heterocycles. The molecule has 1 amide bonds. The van der Waals surface area contributed by atoms with Crippen molar-refractivity contribution in [2.75, 3.05) is 33.2 Å². The summed E-state index contributed by atoms with van der Waals surface area (Å²) in [7, 11) is -1.65. The van der Waals surface area contributed by atoms with E-state index in [2.05, 4.69) is 16.3 Å². The van der Waals surface area contributed by atoms with E-state index < -0.39 is 39.9 Å². The minimum absolute atomic E-state index is 0.0274. The zero-order valence-corrected chi connectivity index (χ0v) is 26.6. The third-order valence-corrected chi connectivity index (χ3v) is 10.8. The zero-order valence-electron chi connectivity index (χ0n) is 25.7. The summed E-state index contributed by atoms with van der Waals surface area (Å²) in [5.74, 6) is -0.845. The van der Waals surface area contributed by atoms with Crippen LogP contribution in [-0.2, 0) is 26.0 Å². The summed E-state index contributed by atoms with van der Waals surface area (Å²) in [6.45, 7) is 7.72. The Morgan fingerprint density at radius 3 is 2.39 bits per heavy atom. The number of carbonyl (C=O) groups excluding carboxylic acids is 1. The first-order chi connectivity index (χ1) is 20.8. The second kappa shape index (κ2) is 12.8. The molecule has 44 heavy (non-hydrogen) atoms. The number of sulfonamides is 1.